The summed E-state index contributed by atoms with van der Waals surface area (Å²) in [4.78, 5) is 17.1. The summed E-state index contributed by atoms with van der Waals surface area (Å²) in [7, 11) is 0. The van der Waals surface area contributed by atoms with E-state index in [1.54, 1.807) is 0 Å². The minimum absolute atomic E-state index is 0.221. The fourth-order valence-electron chi connectivity index (χ4n) is 1.17. The zero-order chi connectivity index (χ0) is 12.2. The van der Waals surface area contributed by atoms with Crippen LogP contribution in [0.1, 0.15) is 32.9 Å². The van der Waals surface area contributed by atoms with Gasteiger partial charge in [-0.3, -0.25) is 4.98 Å². The Morgan fingerprint density at radius 3 is 2.81 bits per heavy atom. The maximum absolute atomic E-state index is 11.1. The van der Waals surface area contributed by atoms with Gasteiger partial charge in [0.15, 0.2) is 0 Å². The molecule has 86 valence electrons. The maximum Gasteiger partial charge on any atom is 0.347 e. The Balaban J connectivity index is 2.65. The van der Waals surface area contributed by atoms with Gasteiger partial charge in [0.2, 0.25) is 0 Å². The van der Waals surface area contributed by atoms with Crippen molar-refractivity contribution in [2.24, 2.45) is 5.41 Å². The predicted molar refractivity (Wildman–Crippen MR) is 62.1 cm³/mol. The van der Waals surface area contributed by atoms with Crippen molar-refractivity contribution in [3.05, 3.63) is 22.2 Å². The van der Waals surface area contributed by atoms with Gasteiger partial charge in [-0.2, -0.15) is 10.2 Å². The second-order valence-electron chi connectivity index (χ2n) is 4.83. The van der Waals surface area contributed by atoms with Crippen molar-refractivity contribution >= 4 is 5.82 Å². The summed E-state index contributed by atoms with van der Waals surface area (Å²) in [6.45, 7) is 7.15. The summed E-state index contributed by atoms with van der Waals surface area (Å²) in [5, 5.41) is 11.7. The molecule has 0 fully saturated rings. The first-order chi connectivity index (χ1) is 7.40. The summed E-state index contributed by atoms with van der Waals surface area (Å²) in [5.74, 6) is 0.449. The molecule has 1 aromatic rings. The van der Waals surface area contributed by atoms with E-state index in [1.165, 1.54) is 6.07 Å². The number of H-pyrrole nitrogens is 1. The van der Waals surface area contributed by atoms with Gasteiger partial charge in [-0.05, 0) is 11.8 Å². The van der Waals surface area contributed by atoms with Crippen LogP contribution < -0.4 is 11.0 Å². The zero-order valence-electron chi connectivity index (χ0n) is 9.79. The summed E-state index contributed by atoms with van der Waals surface area (Å²) in [5.41, 5.74) is -0.0535. The monoisotopic (exact) mass is 220 g/mol. The number of aromatic nitrogens is 2. The van der Waals surface area contributed by atoms with E-state index in [9.17, 15) is 4.79 Å². The lowest BCUT2D eigenvalue weighted by Gasteiger charge is -2.18. The number of nitriles is 1. The van der Waals surface area contributed by atoms with E-state index in [0.29, 0.717) is 5.82 Å². The first-order valence-corrected chi connectivity index (χ1v) is 5.16. The molecule has 0 spiro atoms. The molecule has 16 heavy (non-hydrogen) atoms. The molecule has 0 bridgehead atoms. The molecule has 5 heteroatoms. The molecule has 1 heterocycles. The molecule has 0 saturated heterocycles. The van der Waals surface area contributed by atoms with Crippen molar-refractivity contribution in [3.63, 3.8) is 0 Å². The molecule has 0 aliphatic rings. The van der Waals surface area contributed by atoms with Crippen LogP contribution in [-0.2, 0) is 0 Å². The van der Waals surface area contributed by atoms with Crippen LogP contribution in [0.4, 0.5) is 5.82 Å². The Morgan fingerprint density at radius 1 is 1.56 bits per heavy atom. The average Bonchev–Trinajstić information content (AvgIpc) is 2.14. The molecular formula is C11H16N4O. The molecule has 1 aromatic heterocycles. The van der Waals surface area contributed by atoms with Crippen molar-refractivity contribution < 1.29 is 0 Å². The number of nitrogens with zero attached hydrogens (tertiary/aromatic N) is 2. The number of nitrogens with one attached hydrogen (secondary N) is 2. The Kier molecular flexibility index (Phi) is 3.67. The lowest BCUT2D eigenvalue weighted by atomic mass is 9.92. The molecule has 0 aliphatic heterocycles. The minimum Gasteiger partial charge on any atom is -0.370 e. The summed E-state index contributed by atoms with van der Waals surface area (Å²) < 4.78 is 0. The molecule has 0 unspecified atom stereocenters. The third-order valence-electron chi connectivity index (χ3n) is 2.05. The van der Waals surface area contributed by atoms with Crippen molar-refractivity contribution in [2.45, 2.75) is 27.2 Å². The van der Waals surface area contributed by atoms with E-state index in [0.717, 1.165) is 13.0 Å². The number of rotatable bonds is 3. The number of hydrogen-bond acceptors (Lipinski definition) is 4. The van der Waals surface area contributed by atoms with Crippen LogP contribution in [0.15, 0.2) is 10.9 Å². The van der Waals surface area contributed by atoms with Crippen LogP contribution in [0.25, 0.3) is 0 Å². The van der Waals surface area contributed by atoms with Crippen LogP contribution >= 0.6 is 0 Å². The SMILES string of the molecule is CC(C)(C)CCNc1cc(C#N)[nH]c(=O)n1. The van der Waals surface area contributed by atoms with E-state index >= 15 is 0 Å². The smallest absolute Gasteiger partial charge is 0.347 e. The first-order valence-electron chi connectivity index (χ1n) is 5.16. The molecule has 0 aliphatic carbocycles. The second kappa shape index (κ2) is 4.79. The molecule has 2 N–H and O–H groups in total. The van der Waals surface area contributed by atoms with Gasteiger partial charge in [0, 0.05) is 12.6 Å². The highest BCUT2D eigenvalue weighted by molar-refractivity contribution is 5.38. The normalized spacial score (nSPS) is 10.9. The maximum atomic E-state index is 11.1. The molecule has 5 nitrogen and oxygen atoms in total. The number of hydrogen-bond donors (Lipinski definition) is 2. The molecule has 0 aromatic carbocycles. The van der Waals surface area contributed by atoms with Crippen molar-refractivity contribution in [1.29, 1.82) is 5.26 Å². The van der Waals surface area contributed by atoms with E-state index < -0.39 is 5.69 Å². The van der Waals surface area contributed by atoms with Gasteiger partial charge in [0.05, 0.1) is 0 Å². The van der Waals surface area contributed by atoms with Crippen LogP contribution in [0.5, 0.6) is 0 Å². The second-order valence-corrected chi connectivity index (χ2v) is 4.83. The van der Waals surface area contributed by atoms with Gasteiger partial charge in [-0.25, -0.2) is 4.79 Å². The van der Waals surface area contributed by atoms with Gasteiger partial charge in [0.25, 0.3) is 0 Å². The number of anilines is 1. The molecule has 0 radical (unpaired) electrons. The molecule has 0 saturated carbocycles. The zero-order valence-corrected chi connectivity index (χ0v) is 9.79. The Morgan fingerprint density at radius 2 is 2.25 bits per heavy atom. The molecular weight excluding hydrogens is 204 g/mol. The molecule has 0 atom stereocenters. The fraction of sp³-hybridized carbons (Fsp3) is 0.545. The van der Waals surface area contributed by atoms with Crippen molar-refractivity contribution in [3.8, 4) is 6.07 Å². The molecule has 0 amide bonds. The third-order valence-corrected chi connectivity index (χ3v) is 2.05. The first kappa shape index (κ1) is 12.2. The van der Waals surface area contributed by atoms with Gasteiger partial charge in [-0.15, -0.1) is 0 Å². The largest absolute Gasteiger partial charge is 0.370 e. The third kappa shape index (κ3) is 4.13. The van der Waals surface area contributed by atoms with Crippen LogP contribution in [0.3, 0.4) is 0 Å². The average molecular weight is 220 g/mol. The highest BCUT2D eigenvalue weighted by Gasteiger charge is 2.09. The highest BCUT2D eigenvalue weighted by atomic mass is 16.1. The fourth-order valence-corrected chi connectivity index (χ4v) is 1.17. The van der Waals surface area contributed by atoms with E-state index in [4.69, 9.17) is 5.26 Å². The van der Waals surface area contributed by atoms with E-state index in [2.05, 4.69) is 36.1 Å². The topological polar surface area (TPSA) is 81.6 Å². The van der Waals surface area contributed by atoms with Crippen LogP contribution in [0.2, 0.25) is 0 Å². The van der Waals surface area contributed by atoms with E-state index in [1.807, 2.05) is 6.07 Å². The van der Waals surface area contributed by atoms with Gasteiger partial charge >= 0.3 is 5.69 Å². The lowest BCUT2D eigenvalue weighted by Crippen LogP contribution is -2.18. The summed E-state index contributed by atoms with van der Waals surface area (Å²) >= 11 is 0. The Labute approximate surface area is 94.5 Å². The van der Waals surface area contributed by atoms with Gasteiger partial charge in [-0.1, -0.05) is 20.8 Å². The standard InChI is InChI=1S/C11H16N4O/c1-11(2,3)4-5-13-9-6-8(7-12)14-10(16)15-9/h6H,4-5H2,1-3H3,(H2,13,14,15,16). The highest BCUT2D eigenvalue weighted by Crippen LogP contribution is 2.17. The molecule has 1 rings (SSSR count). The van der Waals surface area contributed by atoms with Crippen molar-refractivity contribution in [2.75, 3.05) is 11.9 Å². The Bertz CT molecular complexity index is 450. The lowest BCUT2D eigenvalue weighted by molar-refractivity contribution is 0.389. The quantitative estimate of drug-likeness (QED) is 0.808. The van der Waals surface area contributed by atoms with Crippen LogP contribution in [-0.4, -0.2) is 16.5 Å². The van der Waals surface area contributed by atoms with Crippen molar-refractivity contribution in [1.82, 2.24) is 9.97 Å². The van der Waals surface area contributed by atoms with Gasteiger partial charge in [0.1, 0.15) is 17.6 Å². The van der Waals surface area contributed by atoms with E-state index in [-0.39, 0.29) is 11.1 Å². The summed E-state index contributed by atoms with van der Waals surface area (Å²) in [6, 6.07) is 3.41. The summed E-state index contributed by atoms with van der Waals surface area (Å²) in [6.07, 6.45) is 0.962. The van der Waals surface area contributed by atoms with Crippen LogP contribution in [0, 0.1) is 16.7 Å². The predicted octanol–water partition coefficient (Wildman–Crippen LogP) is 1.49. The number of aromatic amines is 1. The van der Waals surface area contributed by atoms with Gasteiger partial charge < -0.3 is 5.32 Å². The Hall–Kier alpha value is -1.83. The minimum atomic E-state index is -0.502.